The molecule has 0 bridgehead atoms. The zero-order chi connectivity index (χ0) is 13.8. The fourth-order valence-electron chi connectivity index (χ4n) is 2.15. The Hall–Kier alpha value is -1.19. The van der Waals surface area contributed by atoms with E-state index in [4.69, 9.17) is 0 Å². The van der Waals surface area contributed by atoms with Crippen LogP contribution in [0.15, 0.2) is 24.3 Å². The van der Waals surface area contributed by atoms with Crippen LogP contribution in [0.5, 0.6) is 0 Å². The topological polar surface area (TPSA) is 24.9 Å². The van der Waals surface area contributed by atoms with Gasteiger partial charge in [0.1, 0.15) is 0 Å². The lowest BCUT2D eigenvalue weighted by atomic mass is 10.0. The van der Waals surface area contributed by atoms with Gasteiger partial charge in [0.2, 0.25) is 0 Å². The lowest BCUT2D eigenvalue weighted by molar-refractivity contribution is 0.548. The van der Waals surface area contributed by atoms with Crippen LogP contribution in [0.2, 0.25) is 0 Å². The van der Waals surface area contributed by atoms with Crippen molar-refractivity contribution in [1.29, 1.82) is 0 Å². The molecule has 0 aliphatic heterocycles. The molecule has 1 unspecified atom stereocenters. The van der Waals surface area contributed by atoms with E-state index in [2.05, 4.69) is 62.3 Å². The molecule has 0 amide bonds. The fourth-order valence-corrected chi connectivity index (χ4v) is 3.13. The Bertz CT molecular complexity index is 509. The molecule has 0 spiro atoms. The van der Waals surface area contributed by atoms with Gasteiger partial charge in [-0.05, 0) is 32.9 Å². The Morgan fingerprint density at radius 2 is 1.84 bits per heavy atom. The van der Waals surface area contributed by atoms with Crippen LogP contribution in [-0.2, 0) is 6.42 Å². The summed E-state index contributed by atoms with van der Waals surface area (Å²) >= 11 is 1.82. The van der Waals surface area contributed by atoms with Crippen molar-refractivity contribution in [3.63, 3.8) is 0 Å². The highest BCUT2D eigenvalue weighted by atomic mass is 32.1. The summed E-state index contributed by atoms with van der Waals surface area (Å²) in [5.74, 6) is 0. The summed E-state index contributed by atoms with van der Waals surface area (Å²) in [6.45, 7) is 9.48. The Morgan fingerprint density at radius 1 is 1.16 bits per heavy atom. The summed E-state index contributed by atoms with van der Waals surface area (Å²) in [5, 5.41) is 4.79. The van der Waals surface area contributed by atoms with Gasteiger partial charge in [0.15, 0.2) is 0 Å². The third kappa shape index (κ3) is 3.64. The third-order valence-corrected chi connectivity index (χ3v) is 4.48. The molecule has 1 aromatic carbocycles. The molecule has 0 saturated heterocycles. The highest BCUT2D eigenvalue weighted by molar-refractivity contribution is 7.11. The summed E-state index contributed by atoms with van der Waals surface area (Å²) in [6.07, 6.45) is 0.968. The monoisotopic (exact) mass is 274 g/mol. The zero-order valence-corrected chi connectivity index (χ0v) is 13.0. The highest BCUT2D eigenvalue weighted by Gasteiger charge is 2.14. The van der Waals surface area contributed by atoms with Crippen LogP contribution in [0.25, 0.3) is 0 Å². The van der Waals surface area contributed by atoms with Gasteiger partial charge in [-0.1, -0.05) is 36.8 Å². The molecule has 3 heteroatoms. The van der Waals surface area contributed by atoms with Crippen molar-refractivity contribution in [2.24, 2.45) is 0 Å². The summed E-state index contributed by atoms with van der Waals surface area (Å²) < 4.78 is 0. The standard InChI is InChI=1S/C16H22N2S/c1-5-17-15(14-8-6-11(2)7-9-14)10-16-18-12(3)13(4)19-16/h6-9,15,17H,5,10H2,1-4H3. The van der Waals surface area contributed by atoms with E-state index in [1.807, 2.05) is 11.3 Å². The highest BCUT2D eigenvalue weighted by Crippen LogP contribution is 2.23. The maximum Gasteiger partial charge on any atom is 0.0949 e. The number of hydrogen-bond acceptors (Lipinski definition) is 3. The first-order chi connectivity index (χ1) is 9.10. The van der Waals surface area contributed by atoms with E-state index in [9.17, 15) is 0 Å². The van der Waals surface area contributed by atoms with Gasteiger partial charge in [0.05, 0.1) is 10.7 Å². The quantitative estimate of drug-likeness (QED) is 0.892. The first-order valence-corrected chi connectivity index (χ1v) is 7.64. The number of likely N-dealkylation sites (N-methyl/N-ethyl adjacent to an activating group) is 1. The van der Waals surface area contributed by atoms with E-state index in [-0.39, 0.29) is 0 Å². The van der Waals surface area contributed by atoms with Gasteiger partial charge in [-0.2, -0.15) is 0 Å². The van der Waals surface area contributed by atoms with Crippen LogP contribution in [0.3, 0.4) is 0 Å². The van der Waals surface area contributed by atoms with Gasteiger partial charge in [-0.15, -0.1) is 11.3 Å². The number of nitrogens with zero attached hydrogens (tertiary/aromatic N) is 1. The predicted molar refractivity (Wildman–Crippen MR) is 82.9 cm³/mol. The second kappa shape index (κ2) is 6.31. The van der Waals surface area contributed by atoms with Crippen LogP contribution in [0.4, 0.5) is 0 Å². The number of hydrogen-bond donors (Lipinski definition) is 1. The van der Waals surface area contributed by atoms with E-state index in [0.717, 1.165) is 13.0 Å². The Balaban J connectivity index is 2.18. The molecule has 2 rings (SSSR count). The number of aromatic nitrogens is 1. The maximum atomic E-state index is 4.65. The van der Waals surface area contributed by atoms with Crippen molar-refractivity contribution >= 4 is 11.3 Å². The molecule has 0 fully saturated rings. The van der Waals surface area contributed by atoms with Crippen molar-refractivity contribution in [1.82, 2.24) is 10.3 Å². The predicted octanol–water partition coefficient (Wildman–Crippen LogP) is 3.96. The summed E-state index contributed by atoms with van der Waals surface area (Å²) in [4.78, 5) is 5.98. The van der Waals surface area contributed by atoms with Crippen molar-refractivity contribution in [3.8, 4) is 0 Å². The van der Waals surface area contributed by atoms with E-state index in [1.165, 1.54) is 26.7 Å². The van der Waals surface area contributed by atoms with Crippen LogP contribution in [-0.4, -0.2) is 11.5 Å². The van der Waals surface area contributed by atoms with Gasteiger partial charge in [-0.3, -0.25) is 0 Å². The van der Waals surface area contributed by atoms with E-state index < -0.39 is 0 Å². The lowest BCUT2D eigenvalue weighted by Crippen LogP contribution is -2.22. The van der Waals surface area contributed by atoms with Crippen molar-refractivity contribution < 1.29 is 0 Å². The molecule has 2 aromatic rings. The Morgan fingerprint density at radius 3 is 2.37 bits per heavy atom. The molecule has 1 atom stereocenters. The van der Waals surface area contributed by atoms with Crippen molar-refractivity contribution in [2.75, 3.05) is 6.54 Å². The fraction of sp³-hybridized carbons (Fsp3) is 0.438. The molecular formula is C16H22N2S. The normalized spacial score (nSPS) is 12.6. The van der Waals surface area contributed by atoms with Crippen LogP contribution < -0.4 is 5.32 Å². The SMILES string of the molecule is CCNC(Cc1nc(C)c(C)s1)c1ccc(C)cc1. The summed E-state index contributed by atoms with van der Waals surface area (Å²) in [6, 6.07) is 9.15. The molecule has 0 saturated carbocycles. The van der Waals surface area contributed by atoms with E-state index in [1.54, 1.807) is 0 Å². The average molecular weight is 274 g/mol. The number of thiazole rings is 1. The third-order valence-electron chi connectivity index (χ3n) is 3.38. The van der Waals surface area contributed by atoms with Crippen LogP contribution >= 0.6 is 11.3 Å². The van der Waals surface area contributed by atoms with E-state index in [0.29, 0.717) is 6.04 Å². The van der Waals surface area contributed by atoms with Gasteiger partial charge < -0.3 is 5.32 Å². The first kappa shape index (κ1) is 14.2. The average Bonchev–Trinajstić information content (AvgIpc) is 2.69. The molecule has 1 heterocycles. The van der Waals surface area contributed by atoms with Crippen molar-refractivity contribution in [3.05, 3.63) is 51.0 Å². The second-order valence-corrected chi connectivity index (χ2v) is 6.26. The Kier molecular flexibility index (Phi) is 4.72. The molecule has 19 heavy (non-hydrogen) atoms. The molecule has 0 radical (unpaired) electrons. The summed E-state index contributed by atoms with van der Waals surface area (Å²) in [7, 11) is 0. The Labute approximate surface area is 119 Å². The number of rotatable bonds is 5. The number of benzene rings is 1. The largest absolute Gasteiger partial charge is 0.310 e. The number of nitrogens with one attached hydrogen (secondary N) is 1. The molecular weight excluding hydrogens is 252 g/mol. The lowest BCUT2D eigenvalue weighted by Gasteiger charge is -2.17. The molecule has 2 nitrogen and oxygen atoms in total. The smallest absolute Gasteiger partial charge is 0.0949 e. The molecule has 1 aromatic heterocycles. The van der Waals surface area contributed by atoms with Gasteiger partial charge in [0, 0.05) is 17.3 Å². The zero-order valence-electron chi connectivity index (χ0n) is 12.2. The van der Waals surface area contributed by atoms with E-state index >= 15 is 0 Å². The van der Waals surface area contributed by atoms with Crippen molar-refractivity contribution in [2.45, 2.75) is 40.2 Å². The molecule has 1 N–H and O–H groups in total. The minimum absolute atomic E-state index is 0.357. The van der Waals surface area contributed by atoms with Gasteiger partial charge in [-0.25, -0.2) is 4.98 Å². The first-order valence-electron chi connectivity index (χ1n) is 6.83. The molecule has 102 valence electrons. The molecule has 0 aliphatic carbocycles. The van der Waals surface area contributed by atoms with Crippen LogP contribution in [0.1, 0.15) is 39.7 Å². The minimum atomic E-state index is 0.357. The van der Waals surface area contributed by atoms with Crippen LogP contribution in [0, 0.1) is 20.8 Å². The number of aryl methyl sites for hydroxylation is 3. The summed E-state index contributed by atoms with van der Waals surface area (Å²) in [5.41, 5.74) is 3.82. The van der Waals surface area contributed by atoms with Gasteiger partial charge >= 0.3 is 0 Å². The minimum Gasteiger partial charge on any atom is -0.310 e. The van der Waals surface area contributed by atoms with Gasteiger partial charge in [0.25, 0.3) is 0 Å². The molecule has 0 aliphatic rings. The second-order valence-electron chi connectivity index (χ2n) is 4.97. The maximum absolute atomic E-state index is 4.65.